The minimum atomic E-state index is 0.145. The minimum absolute atomic E-state index is 0.145. The first-order valence-corrected chi connectivity index (χ1v) is 9.54. The molecule has 0 N–H and O–H groups in total. The van der Waals surface area contributed by atoms with Gasteiger partial charge in [-0.2, -0.15) is 0 Å². The van der Waals surface area contributed by atoms with E-state index in [9.17, 15) is 0 Å². The third-order valence-corrected chi connectivity index (χ3v) is 5.96. The van der Waals surface area contributed by atoms with Crippen LogP contribution >= 0.6 is 11.3 Å². The van der Waals surface area contributed by atoms with Gasteiger partial charge in [-0.05, 0) is 30.7 Å². The third kappa shape index (κ3) is 2.50. The lowest BCUT2D eigenvalue weighted by atomic mass is 10.2. The van der Waals surface area contributed by atoms with Crippen LogP contribution in [0.4, 0.5) is 11.5 Å². The first kappa shape index (κ1) is 14.9. The fraction of sp³-hybridized carbons (Fsp3) is 0.389. The monoisotopic (exact) mass is 352 g/mol. The van der Waals surface area contributed by atoms with Crippen LogP contribution in [0, 0.1) is 0 Å². The van der Waals surface area contributed by atoms with Crippen LogP contribution in [0.5, 0.6) is 0 Å². The van der Waals surface area contributed by atoms with Gasteiger partial charge in [0.2, 0.25) is 0 Å². The van der Waals surface area contributed by atoms with E-state index < -0.39 is 0 Å². The molecule has 2 aliphatic rings. The van der Waals surface area contributed by atoms with E-state index >= 15 is 0 Å². The third-order valence-electron chi connectivity index (χ3n) is 5.02. The highest BCUT2D eigenvalue weighted by molar-refractivity contribution is 7.09. The topological polar surface area (TPSA) is 50.1 Å². The molecule has 0 amide bonds. The Kier molecular flexibility index (Phi) is 3.48. The van der Waals surface area contributed by atoms with Gasteiger partial charge in [0.1, 0.15) is 18.2 Å². The average molecular weight is 352 g/mol. The van der Waals surface area contributed by atoms with Crippen LogP contribution in [0.2, 0.25) is 0 Å². The molecule has 0 aromatic carbocycles. The summed E-state index contributed by atoms with van der Waals surface area (Å²) in [5.74, 6) is 1.06. The van der Waals surface area contributed by atoms with Crippen LogP contribution in [0.15, 0.2) is 42.6 Å². The summed E-state index contributed by atoms with van der Waals surface area (Å²) in [6, 6.07) is 4.90. The van der Waals surface area contributed by atoms with Gasteiger partial charge in [-0.15, -0.1) is 11.3 Å². The molecule has 1 fully saturated rings. The molecule has 3 aromatic heterocycles. The van der Waals surface area contributed by atoms with Crippen molar-refractivity contribution >= 4 is 22.8 Å². The average Bonchev–Trinajstić information content (AvgIpc) is 3.05. The van der Waals surface area contributed by atoms with E-state index in [1.807, 2.05) is 30.1 Å². The maximum atomic E-state index is 4.63. The number of anilines is 2. The number of hydrogen-bond acceptors (Lipinski definition) is 6. The van der Waals surface area contributed by atoms with Crippen molar-refractivity contribution in [2.24, 2.45) is 7.05 Å². The summed E-state index contributed by atoms with van der Waals surface area (Å²) in [6.07, 6.45) is 11.1. The van der Waals surface area contributed by atoms with Crippen LogP contribution in [0.1, 0.15) is 29.6 Å². The normalized spacial score (nSPS) is 19.5. The van der Waals surface area contributed by atoms with E-state index in [-0.39, 0.29) is 6.17 Å². The summed E-state index contributed by atoms with van der Waals surface area (Å²) < 4.78 is 2.12. The van der Waals surface area contributed by atoms with E-state index in [0.717, 1.165) is 24.5 Å². The second-order valence-corrected chi connectivity index (χ2v) is 7.73. The Hall–Kier alpha value is -2.41. The number of aryl methyl sites for hydroxylation is 1. The Morgan fingerprint density at radius 2 is 2.16 bits per heavy atom. The summed E-state index contributed by atoms with van der Waals surface area (Å²) in [5, 5.41) is 2.14. The lowest BCUT2D eigenvalue weighted by Crippen LogP contribution is -2.39. The van der Waals surface area contributed by atoms with E-state index in [2.05, 4.69) is 53.9 Å². The molecule has 1 saturated carbocycles. The molecule has 0 radical (unpaired) electrons. The van der Waals surface area contributed by atoms with Gasteiger partial charge in [0, 0.05) is 24.5 Å². The lowest BCUT2D eigenvalue weighted by molar-refractivity contribution is 0.567. The van der Waals surface area contributed by atoms with Gasteiger partial charge < -0.3 is 14.4 Å². The Labute approximate surface area is 150 Å². The molecule has 0 spiro atoms. The second-order valence-electron chi connectivity index (χ2n) is 6.70. The molecule has 1 aliphatic heterocycles. The first-order valence-electron chi connectivity index (χ1n) is 8.66. The van der Waals surface area contributed by atoms with Crippen LogP contribution in [0.3, 0.4) is 0 Å². The first-order chi connectivity index (χ1) is 12.3. The molecule has 1 atom stereocenters. The largest absolute Gasteiger partial charge is 0.341 e. The smallest absolute Gasteiger partial charge is 0.157 e. The van der Waals surface area contributed by atoms with Gasteiger partial charge in [-0.25, -0.2) is 15.0 Å². The second kappa shape index (κ2) is 5.84. The van der Waals surface area contributed by atoms with Crippen molar-refractivity contribution in [2.45, 2.75) is 31.5 Å². The molecule has 3 aromatic rings. The number of hydrogen-bond donors (Lipinski definition) is 0. The zero-order valence-electron chi connectivity index (χ0n) is 14.1. The lowest BCUT2D eigenvalue weighted by Gasteiger charge is -2.32. The number of aromatic nitrogens is 4. The zero-order chi connectivity index (χ0) is 16.8. The molecule has 0 saturated heterocycles. The molecule has 25 heavy (non-hydrogen) atoms. The number of fused-ring (bicyclic) bond motifs is 1. The highest BCUT2D eigenvalue weighted by Gasteiger charge is 2.46. The highest BCUT2D eigenvalue weighted by Crippen LogP contribution is 2.49. The Balaban J connectivity index is 1.55. The van der Waals surface area contributed by atoms with E-state index in [1.54, 1.807) is 6.33 Å². The van der Waals surface area contributed by atoms with Crippen molar-refractivity contribution in [2.75, 3.05) is 16.3 Å². The Bertz CT molecular complexity index is 869. The quantitative estimate of drug-likeness (QED) is 0.706. The van der Waals surface area contributed by atoms with Crippen molar-refractivity contribution < 1.29 is 0 Å². The van der Waals surface area contributed by atoms with Crippen LogP contribution in [-0.2, 0) is 13.5 Å². The molecular weight excluding hydrogens is 332 g/mol. The molecule has 5 rings (SSSR count). The number of nitrogens with zero attached hydrogens (tertiary/aromatic N) is 6. The van der Waals surface area contributed by atoms with Gasteiger partial charge in [0.25, 0.3) is 0 Å². The maximum Gasteiger partial charge on any atom is 0.157 e. The SMILES string of the molecule is Cn1cncc1C1N(CCc2cccs2)c2cncnc2N1C1CC1. The summed E-state index contributed by atoms with van der Waals surface area (Å²) in [5.41, 5.74) is 2.34. The van der Waals surface area contributed by atoms with Crippen molar-refractivity contribution in [3.63, 3.8) is 0 Å². The molecule has 1 aliphatic carbocycles. The predicted octanol–water partition coefficient (Wildman–Crippen LogP) is 3.00. The van der Waals surface area contributed by atoms with Gasteiger partial charge in [-0.3, -0.25) is 0 Å². The van der Waals surface area contributed by atoms with Crippen molar-refractivity contribution in [3.8, 4) is 0 Å². The highest BCUT2D eigenvalue weighted by atomic mass is 32.1. The molecule has 1 unspecified atom stereocenters. The standard InChI is InChI=1S/C18H20N6S/c1-22-12-20-10-16(22)18-23(7-6-14-3-2-8-25-14)15-9-19-11-21-17(15)24(18)13-4-5-13/h2-3,8-13,18H,4-7H2,1H3. The Morgan fingerprint density at radius 1 is 1.24 bits per heavy atom. The Morgan fingerprint density at radius 3 is 2.88 bits per heavy atom. The summed E-state index contributed by atoms with van der Waals surface area (Å²) in [4.78, 5) is 19.6. The van der Waals surface area contributed by atoms with Crippen molar-refractivity contribution in [3.05, 3.63) is 53.1 Å². The molecule has 128 valence electrons. The van der Waals surface area contributed by atoms with E-state index in [0.29, 0.717) is 6.04 Å². The fourth-order valence-electron chi connectivity index (χ4n) is 3.69. The number of imidazole rings is 1. The summed E-state index contributed by atoms with van der Waals surface area (Å²) >= 11 is 1.82. The molecular formula is C18H20N6S. The van der Waals surface area contributed by atoms with E-state index in [4.69, 9.17) is 0 Å². The molecule has 4 heterocycles. The molecule has 6 nitrogen and oxygen atoms in total. The number of thiophene rings is 1. The fourth-order valence-corrected chi connectivity index (χ4v) is 4.39. The molecule has 7 heteroatoms. The number of rotatable bonds is 5. The summed E-state index contributed by atoms with van der Waals surface area (Å²) in [7, 11) is 2.07. The van der Waals surface area contributed by atoms with E-state index in [1.165, 1.54) is 23.4 Å². The van der Waals surface area contributed by atoms with Gasteiger partial charge in [0.15, 0.2) is 5.82 Å². The minimum Gasteiger partial charge on any atom is -0.341 e. The van der Waals surface area contributed by atoms with Gasteiger partial charge in [-0.1, -0.05) is 6.07 Å². The maximum absolute atomic E-state index is 4.63. The molecule has 0 bridgehead atoms. The van der Waals surface area contributed by atoms with Crippen LogP contribution in [-0.4, -0.2) is 32.1 Å². The summed E-state index contributed by atoms with van der Waals surface area (Å²) in [6.45, 7) is 0.944. The zero-order valence-corrected chi connectivity index (χ0v) is 14.9. The van der Waals surface area contributed by atoms with Gasteiger partial charge in [0.05, 0.1) is 24.4 Å². The van der Waals surface area contributed by atoms with Crippen LogP contribution in [0.25, 0.3) is 0 Å². The van der Waals surface area contributed by atoms with Crippen LogP contribution < -0.4 is 9.80 Å². The van der Waals surface area contributed by atoms with Gasteiger partial charge >= 0.3 is 0 Å². The van der Waals surface area contributed by atoms with Crippen molar-refractivity contribution in [1.82, 2.24) is 19.5 Å². The predicted molar refractivity (Wildman–Crippen MR) is 98.9 cm³/mol. The van der Waals surface area contributed by atoms with Crippen molar-refractivity contribution in [1.29, 1.82) is 0 Å².